The van der Waals surface area contributed by atoms with Gasteiger partial charge >= 0.3 is 0 Å². The summed E-state index contributed by atoms with van der Waals surface area (Å²) in [5.41, 5.74) is 0.670. The van der Waals surface area contributed by atoms with Gasteiger partial charge in [-0.2, -0.15) is 0 Å². The normalized spacial score (nSPS) is 10.6. The smallest absolute Gasteiger partial charge is 0.189 e. The minimum atomic E-state index is 0.670. The number of thioether (sulfide) groups is 1. The number of anilines is 1. The second-order valence-corrected chi connectivity index (χ2v) is 4.39. The van der Waals surface area contributed by atoms with Crippen LogP contribution in [0.5, 0.6) is 0 Å². The lowest BCUT2D eigenvalue weighted by Crippen LogP contribution is -1.95. The molecule has 0 bridgehead atoms. The summed E-state index contributed by atoms with van der Waals surface area (Å²) in [7, 11) is 3.58. The Morgan fingerprint density at radius 1 is 1.47 bits per heavy atom. The Bertz CT molecular complexity index is 503. The van der Waals surface area contributed by atoms with Gasteiger partial charge in [0.05, 0.1) is 4.47 Å². The van der Waals surface area contributed by atoms with Crippen LogP contribution >= 0.6 is 27.7 Å². The number of rotatable bonds is 2. The number of nitrogens with zero attached hydrogens (tertiary/aromatic N) is 3. The molecule has 0 unspecified atom stereocenters. The molecule has 2 heterocycles. The van der Waals surface area contributed by atoms with Gasteiger partial charge in [0.2, 0.25) is 0 Å². The first-order valence-corrected chi connectivity index (χ1v) is 6.16. The van der Waals surface area contributed by atoms with Gasteiger partial charge in [-0.1, -0.05) is 11.8 Å². The van der Waals surface area contributed by atoms with Crippen molar-refractivity contribution in [2.75, 3.05) is 11.6 Å². The molecule has 2 aromatic heterocycles. The summed E-state index contributed by atoms with van der Waals surface area (Å²) in [5.74, 6) is 0.674. The predicted octanol–water partition coefficient (Wildman–Crippen LogP) is 2.71. The standard InChI is InChI=1S/C9H8BrN4S/c1-11-8-6(10)3-5-4-12-9(15-2)14-7(5)13-8/h3-4H,1H2,2H3,(H,11,12,13,14). The Balaban J connectivity index is 2.66. The molecular weight excluding hydrogens is 276 g/mol. The van der Waals surface area contributed by atoms with Gasteiger partial charge in [0, 0.05) is 18.6 Å². The molecule has 0 aromatic carbocycles. The first kappa shape index (κ1) is 10.6. The van der Waals surface area contributed by atoms with Crippen LogP contribution in [0.4, 0.5) is 5.82 Å². The Morgan fingerprint density at radius 2 is 2.27 bits per heavy atom. The quantitative estimate of drug-likeness (QED) is 0.678. The van der Waals surface area contributed by atoms with Crippen molar-refractivity contribution in [1.82, 2.24) is 15.0 Å². The molecule has 0 aliphatic carbocycles. The molecule has 0 fully saturated rings. The Kier molecular flexibility index (Phi) is 3.06. The molecule has 0 saturated carbocycles. The zero-order valence-electron chi connectivity index (χ0n) is 7.99. The Labute approximate surface area is 100 Å². The van der Waals surface area contributed by atoms with Crippen LogP contribution in [0.3, 0.4) is 0 Å². The third kappa shape index (κ3) is 2.05. The summed E-state index contributed by atoms with van der Waals surface area (Å²) in [6.07, 6.45) is 3.69. The summed E-state index contributed by atoms with van der Waals surface area (Å²) in [5, 5.41) is 4.37. The van der Waals surface area contributed by atoms with E-state index < -0.39 is 0 Å². The summed E-state index contributed by atoms with van der Waals surface area (Å²) in [6.45, 7) is 0. The maximum atomic E-state index is 4.32. The molecule has 0 aliphatic heterocycles. The molecule has 0 spiro atoms. The number of pyridine rings is 1. The lowest BCUT2D eigenvalue weighted by atomic mass is 10.3. The molecule has 2 rings (SSSR count). The van der Waals surface area contributed by atoms with E-state index in [1.807, 2.05) is 12.3 Å². The minimum absolute atomic E-state index is 0.670. The van der Waals surface area contributed by atoms with Crippen LogP contribution in [-0.4, -0.2) is 21.2 Å². The van der Waals surface area contributed by atoms with E-state index in [2.05, 4.69) is 43.2 Å². The van der Waals surface area contributed by atoms with Gasteiger partial charge in [-0.15, -0.1) is 0 Å². The predicted molar refractivity (Wildman–Crippen MR) is 65.8 cm³/mol. The molecule has 15 heavy (non-hydrogen) atoms. The Hall–Kier alpha value is -0.880. The fourth-order valence-corrected chi connectivity index (χ4v) is 1.96. The van der Waals surface area contributed by atoms with Crippen molar-refractivity contribution in [2.45, 2.75) is 5.16 Å². The summed E-state index contributed by atoms with van der Waals surface area (Å²) >= 11 is 4.88. The van der Waals surface area contributed by atoms with E-state index >= 15 is 0 Å². The van der Waals surface area contributed by atoms with Crippen LogP contribution in [0.15, 0.2) is 21.9 Å². The second-order valence-electron chi connectivity index (χ2n) is 2.77. The average molecular weight is 284 g/mol. The number of hydrogen-bond acceptors (Lipinski definition) is 5. The summed E-state index contributed by atoms with van der Waals surface area (Å²) < 4.78 is 0.852. The molecule has 0 saturated heterocycles. The van der Waals surface area contributed by atoms with Crippen LogP contribution in [0.2, 0.25) is 0 Å². The Morgan fingerprint density at radius 3 is 2.93 bits per heavy atom. The van der Waals surface area contributed by atoms with Gasteiger partial charge in [-0.25, -0.2) is 15.0 Å². The van der Waals surface area contributed by atoms with E-state index in [1.165, 1.54) is 11.8 Å². The molecule has 1 N–H and O–H groups in total. The van der Waals surface area contributed by atoms with E-state index in [0.29, 0.717) is 16.6 Å². The highest BCUT2D eigenvalue weighted by atomic mass is 79.9. The lowest BCUT2D eigenvalue weighted by molar-refractivity contribution is 0.992. The van der Waals surface area contributed by atoms with Gasteiger partial charge in [0.15, 0.2) is 10.8 Å². The highest BCUT2D eigenvalue weighted by molar-refractivity contribution is 9.10. The van der Waals surface area contributed by atoms with Crippen LogP contribution in [0.1, 0.15) is 0 Å². The van der Waals surface area contributed by atoms with E-state index in [0.717, 1.165) is 9.86 Å². The molecule has 0 aliphatic rings. The lowest BCUT2D eigenvalue weighted by Gasteiger charge is -2.04. The average Bonchev–Trinajstić information content (AvgIpc) is 2.27. The zero-order valence-corrected chi connectivity index (χ0v) is 10.4. The maximum Gasteiger partial charge on any atom is 0.189 e. The molecule has 77 valence electrons. The number of nitrogens with one attached hydrogen (secondary N) is 1. The van der Waals surface area contributed by atoms with Crippen molar-refractivity contribution in [2.24, 2.45) is 0 Å². The van der Waals surface area contributed by atoms with E-state index in [-0.39, 0.29) is 0 Å². The summed E-state index contributed by atoms with van der Waals surface area (Å²) in [4.78, 5) is 12.8. The minimum Gasteiger partial charge on any atom is -0.367 e. The van der Waals surface area contributed by atoms with Crippen molar-refractivity contribution in [3.8, 4) is 0 Å². The molecule has 6 heteroatoms. The van der Waals surface area contributed by atoms with E-state index in [9.17, 15) is 0 Å². The van der Waals surface area contributed by atoms with Crippen LogP contribution in [-0.2, 0) is 0 Å². The highest BCUT2D eigenvalue weighted by Gasteiger charge is 2.05. The van der Waals surface area contributed by atoms with E-state index in [1.54, 1.807) is 6.20 Å². The molecule has 4 nitrogen and oxygen atoms in total. The van der Waals surface area contributed by atoms with E-state index in [4.69, 9.17) is 0 Å². The first-order chi connectivity index (χ1) is 7.24. The van der Waals surface area contributed by atoms with Crippen molar-refractivity contribution in [3.05, 3.63) is 23.8 Å². The SMILES string of the molecule is [CH2]Nc1nc2nc(SC)ncc2cc1Br. The fourth-order valence-electron chi connectivity index (χ4n) is 1.14. The third-order valence-corrected chi connectivity index (χ3v) is 3.02. The van der Waals surface area contributed by atoms with Crippen molar-refractivity contribution < 1.29 is 0 Å². The number of halogens is 1. The van der Waals surface area contributed by atoms with Crippen LogP contribution in [0.25, 0.3) is 11.0 Å². The van der Waals surface area contributed by atoms with Crippen LogP contribution < -0.4 is 5.32 Å². The number of hydrogen-bond donors (Lipinski definition) is 1. The molecule has 0 amide bonds. The van der Waals surface area contributed by atoms with Crippen molar-refractivity contribution >= 4 is 44.5 Å². The van der Waals surface area contributed by atoms with Gasteiger partial charge in [-0.3, -0.25) is 0 Å². The molecule has 0 atom stereocenters. The molecular formula is C9H8BrN4S. The molecule has 2 aromatic rings. The van der Waals surface area contributed by atoms with Crippen LogP contribution in [0, 0.1) is 7.05 Å². The number of aromatic nitrogens is 3. The third-order valence-electron chi connectivity index (χ3n) is 1.85. The van der Waals surface area contributed by atoms with Crippen molar-refractivity contribution in [1.29, 1.82) is 0 Å². The van der Waals surface area contributed by atoms with Gasteiger partial charge in [0.25, 0.3) is 0 Å². The maximum absolute atomic E-state index is 4.32. The fraction of sp³-hybridized carbons (Fsp3) is 0.111. The zero-order chi connectivity index (χ0) is 10.8. The summed E-state index contributed by atoms with van der Waals surface area (Å²) in [6, 6.07) is 1.92. The van der Waals surface area contributed by atoms with Gasteiger partial charge in [0.1, 0.15) is 5.82 Å². The van der Waals surface area contributed by atoms with Gasteiger partial charge in [-0.05, 0) is 28.3 Å². The molecule has 1 radical (unpaired) electrons. The topological polar surface area (TPSA) is 50.7 Å². The first-order valence-electron chi connectivity index (χ1n) is 4.15. The second kappa shape index (κ2) is 4.32. The monoisotopic (exact) mass is 283 g/mol. The number of fused-ring (bicyclic) bond motifs is 1. The van der Waals surface area contributed by atoms with Crippen molar-refractivity contribution in [3.63, 3.8) is 0 Å². The highest BCUT2D eigenvalue weighted by Crippen LogP contribution is 2.24. The largest absolute Gasteiger partial charge is 0.367 e. The van der Waals surface area contributed by atoms with Gasteiger partial charge < -0.3 is 5.32 Å².